The van der Waals surface area contributed by atoms with Crippen molar-refractivity contribution in [3.63, 3.8) is 0 Å². The maximum Gasteiger partial charge on any atom is 0.300 e. The predicted molar refractivity (Wildman–Crippen MR) is 58.0 cm³/mol. The van der Waals surface area contributed by atoms with Gasteiger partial charge in [0.25, 0.3) is 5.09 Å². The smallest absolute Gasteiger partial charge is 0.300 e. The lowest BCUT2D eigenvalue weighted by atomic mass is 10.2. The zero-order chi connectivity index (χ0) is 12.0. The molecule has 1 fully saturated rings. The van der Waals surface area contributed by atoms with E-state index in [0.717, 1.165) is 13.1 Å². The Bertz CT molecular complexity index is 251. The molecular formula is C10H19N2O4+. The third-order valence-electron chi connectivity index (χ3n) is 3.02. The lowest BCUT2D eigenvalue weighted by Gasteiger charge is -2.44. The molecule has 0 amide bonds. The second kappa shape index (κ2) is 5.81. The molecule has 0 aliphatic carbocycles. The second-order valence-electron chi connectivity index (χ2n) is 3.94. The van der Waals surface area contributed by atoms with E-state index in [1.165, 1.54) is 0 Å². The van der Waals surface area contributed by atoms with Crippen molar-refractivity contribution < 1.29 is 19.1 Å². The van der Waals surface area contributed by atoms with Gasteiger partial charge in [0.2, 0.25) is 6.23 Å². The SMILES string of the molecule is C=CC[N+]1(C(CC)O[N+](=O)[O-])CCOCC1. The molecule has 0 aromatic rings. The molecule has 1 rings (SSSR count). The van der Waals surface area contributed by atoms with Gasteiger partial charge in [0, 0.05) is 6.42 Å². The van der Waals surface area contributed by atoms with E-state index in [1.54, 1.807) is 6.08 Å². The Morgan fingerprint density at radius 3 is 2.69 bits per heavy atom. The molecular weight excluding hydrogens is 212 g/mol. The van der Waals surface area contributed by atoms with E-state index in [-0.39, 0.29) is 0 Å². The molecule has 0 spiro atoms. The highest BCUT2D eigenvalue weighted by molar-refractivity contribution is 4.68. The van der Waals surface area contributed by atoms with Gasteiger partial charge in [-0.2, -0.15) is 0 Å². The van der Waals surface area contributed by atoms with E-state index in [1.807, 2.05) is 6.92 Å². The molecule has 0 radical (unpaired) electrons. The normalized spacial score (nSPS) is 21.1. The Kier molecular flexibility index (Phi) is 4.70. The summed E-state index contributed by atoms with van der Waals surface area (Å²) in [6, 6.07) is 0. The first-order chi connectivity index (χ1) is 7.64. The highest BCUT2D eigenvalue weighted by Gasteiger charge is 2.39. The minimum absolute atomic E-state index is 0.420. The highest BCUT2D eigenvalue weighted by atomic mass is 17.0. The largest absolute Gasteiger partial charge is 0.370 e. The van der Waals surface area contributed by atoms with Crippen LogP contribution in [0.15, 0.2) is 12.7 Å². The number of morpholine rings is 1. The van der Waals surface area contributed by atoms with E-state index in [0.29, 0.717) is 30.7 Å². The van der Waals surface area contributed by atoms with Gasteiger partial charge in [0.05, 0.1) is 19.8 Å². The van der Waals surface area contributed by atoms with Crippen LogP contribution >= 0.6 is 0 Å². The Balaban J connectivity index is 2.78. The standard InChI is InChI=1S/C10H19N2O4/c1-3-5-12(6-8-15-9-7-12)10(4-2)16-11(13)14/h3,10H,1,4-9H2,2H3/q+1. The molecule has 6 nitrogen and oxygen atoms in total. The van der Waals surface area contributed by atoms with Crippen molar-refractivity contribution in [3.05, 3.63) is 22.8 Å². The first-order valence-corrected chi connectivity index (χ1v) is 5.50. The molecule has 1 heterocycles. The summed E-state index contributed by atoms with van der Waals surface area (Å²) < 4.78 is 5.84. The van der Waals surface area contributed by atoms with Crippen LogP contribution in [0.4, 0.5) is 0 Å². The third-order valence-corrected chi connectivity index (χ3v) is 3.02. The van der Waals surface area contributed by atoms with E-state index >= 15 is 0 Å². The molecule has 0 N–H and O–H groups in total. The lowest BCUT2D eigenvalue weighted by Crippen LogP contribution is -2.62. The number of nitrogens with zero attached hydrogens (tertiary/aromatic N) is 2. The monoisotopic (exact) mass is 231 g/mol. The fourth-order valence-electron chi connectivity index (χ4n) is 2.21. The van der Waals surface area contributed by atoms with Gasteiger partial charge in [0.1, 0.15) is 13.1 Å². The first-order valence-electron chi connectivity index (χ1n) is 5.50. The number of rotatable bonds is 6. The van der Waals surface area contributed by atoms with Gasteiger partial charge in [-0.3, -0.25) is 9.32 Å². The quantitative estimate of drug-likeness (QED) is 0.296. The highest BCUT2D eigenvalue weighted by Crippen LogP contribution is 2.21. The minimum atomic E-state index is -0.702. The van der Waals surface area contributed by atoms with Crippen molar-refractivity contribution in [2.24, 2.45) is 0 Å². The van der Waals surface area contributed by atoms with E-state index in [9.17, 15) is 10.1 Å². The summed E-state index contributed by atoms with van der Waals surface area (Å²) in [6.45, 7) is 8.99. The van der Waals surface area contributed by atoms with Gasteiger partial charge in [-0.25, -0.2) is 0 Å². The fourth-order valence-corrected chi connectivity index (χ4v) is 2.21. The van der Waals surface area contributed by atoms with E-state index in [4.69, 9.17) is 9.57 Å². The number of hydrogen-bond acceptors (Lipinski definition) is 4. The molecule has 0 bridgehead atoms. The van der Waals surface area contributed by atoms with Gasteiger partial charge in [0.15, 0.2) is 0 Å². The molecule has 0 aromatic carbocycles. The number of ether oxygens (including phenoxy) is 1. The molecule has 92 valence electrons. The van der Waals surface area contributed by atoms with Crippen LogP contribution in [0.25, 0.3) is 0 Å². The Hall–Kier alpha value is -1.14. The molecule has 1 aliphatic heterocycles. The number of hydrogen-bond donors (Lipinski definition) is 0. The molecule has 1 saturated heterocycles. The Morgan fingerprint density at radius 1 is 1.62 bits per heavy atom. The molecule has 0 aromatic heterocycles. The summed E-state index contributed by atoms with van der Waals surface area (Å²) in [4.78, 5) is 15.3. The Labute approximate surface area is 95.1 Å². The summed E-state index contributed by atoms with van der Waals surface area (Å²) >= 11 is 0. The molecule has 16 heavy (non-hydrogen) atoms. The van der Waals surface area contributed by atoms with Crippen molar-refractivity contribution in [2.45, 2.75) is 19.6 Å². The maximum absolute atomic E-state index is 10.5. The van der Waals surface area contributed by atoms with Crippen molar-refractivity contribution in [2.75, 3.05) is 32.8 Å². The van der Waals surface area contributed by atoms with Crippen LogP contribution in [0.1, 0.15) is 13.3 Å². The zero-order valence-electron chi connectivity index (χ0n) is 9.63. The maximum atomic E-state index is 10.5. The molecule has 1 atom stereocenters. The van der Waals surface area contributed by atoms with Crippen LogP contribution in [0.3, 0.4) is 0 Å². The van der Waals surface area contributed by atoms with Crippen LogP contribution in [-0.4, -0.2) is 48.6 Å². The summed E-state index contributed by atoms with van der Waals surface area (Å²) in [5, 5.41) is 9.77. The topological polar surface area (TPSA) is 61.6 Å². The first kappa shape index (κ1) is 12.9. The zero-order valence-corrected chi connectivity index (χ0v) is 9.63. The molecule has 0 saturated carbocycles. The van der Waals surface area contributed by atoms with Crippen LogP contribution in [0, 0.1) is 10.1 Å². The van der Waals surface area contributed by atoms with Crippen molar-refractivity contribution in [1.29, 1.82) is 0 Å². The van der Waals surface area contributed by atoms with Crippen molar-refractivity contribution >= 4 is 0 Å². The number of quaternary nitrogens is 1. The van der Waals surface area contributed by atoms with Crippen LogP contribution < -0.4 is 0 Å². The average Bonchev–Trinajstić information content (AvgIpc) is 2.27. The summed E-state index contributed by atoms with van der Waals surface area (Å²) in [7, 11) is 0. The molecule has 6 heteroatoms. The molecule has 1 unspecified atom stereocenters. The van der Waals surface area contributed by atoms with Crippen LogP contribution in [0.5, 0.6) is 0 Å². The van der Waals surface area contributed by atoms with Gasteiger partial charge < -0.3 is 4.74 Å². The molecule has 1 aliphatic rings. The minimum Gasteiger partial charge on any atom is -0.370 e. The van der Waals surface area contributed by atoms with Gasteiger partial charge in [-0.15, -0.1) is 10.1 Å². The van der Waals surface area contributed by atoms with Gasteiger partial charge >= 0.3 is 0 Å². The van der Waals surface area contributed by atoms with Crippen molar-refractivity contribution in [1.82, 2.24) is 0 Å². The third kappa shape index (κ3) is 2.93. The Morgan fingerprint density at radius 2 is 2.25 bits per heavy atom. The summed E-state index contributed by atoms with van der Waals surface area (Å²) in [6.07, 6.45) is 1.98. The van der Waals surface area contributed by atoms with E-state index < -0.39 is 11.3 Å². The van der Waals surface area contributed by atoms with E-state index in [2.05, 4.69) is 6.58 Å². The van der Waals surface area contributed by atoms with Gasteiger partial charge in [-0.1, -0.05) is 13.5 Å². The summed E-state index contributed by atoms with van der Waals surface area (Å²) in [5.41, 5.74) is 0. The average molecular weight is 231 g/mol. The van der Waals surface area contributed by atoms with Crippen LogP contribution in [0.2, 0.25) is 0 Å². The van der Waals surface area contributed by atoms with Crippen molar-refractivity contribution in [3.8, 4) is 0 Å². The van der Waals surface area contributed by atoms with Crippen LogP contribution in [-0.2, 0) is 9.57 Å². The fraction of sp³-hybridized carbons (Fsp3) is 0.800. The van der Waals surface area contributed by atoms with Gasteiger partial charge in [-0.05, 0) is 6.08 Å². The predicted octanol–water partition coefficient (Wildman–Crippen LogP) is 0.964. The summed E-state index contributed by atoms with van der Waals surface area (Å²) in [5.74, 6) is 0. The second-order valence-corrected chi connectivity index (χ2v) is 3.94. The lowest BCUT2D eigenvalue weighted by molar-refractivity contribution is -1.01.